The zero-order valence-electron chi connectivity index (χ0n) is 13.3. The van der Waals surface area contributed by atoms with Crippen LogP contribution in [0.3, 0.4) is 0 Å². The lowest BCUT2D eigenvalue weighted by atomic mass is 9.74. The van der Waals surface area contributed by atoms with Crippen LogP contribution in [0.5, 0.6) is 0 Å². The van der Waals surface area contributed by atoms with Crippen molar-refractivity contribution in [1.82, 2.24) is 5.32 Å². The number of carbonyl (C=O) groups excluding carboxylic acids is 1. The molecule has 10 heteroatoms. The third-order valence-corrected chi connectivity index (χ3v) is 4.62. The summed E-state index contributed by atoms with van der Waals surface area (Å²) in [5, 5.41) is 15.8. The molecule has 26 heavy (non-hydrogen) atoms. The lowest BCUT2D eigenvalue weighted by Gasteiger charge is -2.35. The molecule has 2 aliphatic rings. The Morgan fingerprint density at radius 3 is 2.46 bits per heavy atom. The SMILES string of the molecule is O=C(O)C1=NOC2(CCNCC2)C1C(=O)c1ccc(C(F)(F)F)c(F)c1. The van der Waals surface area contributed by atoms with Gasteiger partial charge in [-0.25, -0.2) is 9.18 Å². The van der Waals surface area contributed by atoms with Crippen LogP contribution in [0.1, 0.15) is 28.8 Å². The summed E-state index contributed by atoms with van der Waals surface area (Å²) in [6.07, 6.45) is -4.33. The number of carboxylic acids is 1. The number of alkyl halides is 3. The number of rotatable bonds is 3. The van der Waals surface area contributed by atoms with E-state index in [0.29, 0.717) is 25.2 Å². The number of ketones is 1. The fourth-order valence-corrected chi connectivity index (χ4v) is 3.32. The highest BCUT2D eigenvalue weighted by Gasteiger charge is 2.55. The number of nitrogens with zero attached hydrogens (tertiary/aromatic N) is 1. The molecule has 3 rings (SSSR count). The average molecular weight is 374 g/mol. The summed E-state index contributed by atoms with van der Waals surface area (Å²) in [7, 11) is 0. The summed E-state index contributed by atoms with van der Waals surface area (Å²) >= 11 is 0. The monoisotopic (exact) mass is 374 g/mol. The van der Waals surface area contributed by atoms with E-state index in [1.807, 2.05) is 0 Å². The summed E-state index contributed by atoms with van der Waals surface area (Å²) in [5.74, 6) is -5.22. The Balaban J connectivity index is 1.99. The van der Waals surface area contributed by atoms with Crippen LogP contribution in [-0.2, 0) is 15.8 Å². The minimum atomic E-state index is -4.90. The van der Waals surface area contributed by atoms with Crippen molar-refractivity contribution < 1.29 is 37.1 Å². The Hall–Kier alpha value is -2.49. The predicted molar refractivity (Wildman–Crippen MR) is 80.2 cm³/mol. The van der Waals surface area contributed by atoms with Crippen molar-refractivity contribution in [1.29, 1.82) is 0 Å². The van der Waals surface area contributed by atoms with Crippen LogP contribution in [0, 0.1) is 11.7 Å². The topological polar surface area (TPSA) is 88.0 Å². The maximum atomic E-state index is 13.8. The third kappa shape index (κ3) is 3.05. The van der Waals surface area contributed by atoms with Gasteiger partial charge in [-0.2, -0.15) is 13.2 Å². The number of carboxylic acid groups (broad SMARTS) is 1. The predicted octanol–water partition coefficient (Wildman–Crippen LogP) is 2.24. The molecule has 6 nitrogen and oxygen atoms in total. The van der Waals surface area contributed by atoms with E-state index >= 15 is 0 Å². The summed E-state index contributed by atoms with van der Waals surface area (Å²) in [6, 6.07) is 1.77. The first-order chi connectivity index (χ1) is 12.2. The molecule has 1 unspecified atom stereocenters. The number of halogens is 4. The van der Waals surface area contributed by atoms with Crippen molar-refractivity contribution in [2.24, 2.45) is 11.1 Å². The van der Waals surface area contributed by atoms with Gasteiger partial charge in [-0.3, -0.25) is 4.79 Å². The normalized spacial score (nSPS) is 22.0. The molecule has 2 heterocycles. The molecule has 1 fully saturated rings. The van der Waals surface area contributed by atoms with Gasteiger partial charge < -0.3 is 15.3 Å². The molecule has 1 atom stereocenters. The van der Waals surface area contributed by atoms with Gasteiger partial charge in [0.15, 0.2) is 17.1 Å². The van der Waals surface area contributed by atoms with Gasteiger partial charge in [-0.15, -0.1) is 0 Å². The number of aliphatic carboxylic acids is 1. The Kier molecular flexibility index (Phi) is 4.47. The number of hydrogen-bond donors (Lipinski definition) is 2. The van der Waals surface area contributed by atoms with E-state index in [-0.39, 0.29) is 18.4 Å². The molecule has 0 aliphatic carbocycles. The minimum absolute atomic E-state index is 0.285. The van der Waals surface area contributed by atoms with Crippen molar-refractivity contribution in [2.75, 3.05) is 13.1 Å². The number of Topliss-reactive ketones (excluding diaryl/α,β-unsaturated/α-hetero) is 1. The highest BCUT2D eigenvalue weighted by Crippen LogP contribution is 2.40. The summed E-state index contributed by atoms with van der Waals surface area (Å²) < 4.78 is 51.9. The molecular formula is C16H14F4N2O4. The number of benzene rings is 1. The van der Waals surface area contributed by atoms with Crippen LogP contribution in [0.15, 0.2) is 23.4 Å². The minimum Gasteiger partial charge on any atom is -0.477 e. The van der Waals surface area contributed by atoms with Crippen molar-refractivity contribution in [3.05, 3.63) is 35.1 Å². The Morgan fingerprint density at radius 1 is 1.27 bits per heavy atom. The molecule has 140 valence electrons. The van der Waals surface area contributed by atoms with Gasteiger partial charge in [-0.05, 0) is 25.2 Å². The molecule has 0 saturated carbocycles. The highest BCUT2D eigenvalue weighted by atomic mass is 19.4. The highest BCUT2D eigenvalue weighted by molar-refractivity contribution is 6.42. The van der Waals surface area contributed by atoms with Gasteiger partial charge in [0.25, 0.3) is 0 Å². The number of piperidine rings is 1. The molecule has 1 spiro atoms. The second-order valence-corrected chi connectivity index (χ2v) is 6.18. The van der Waals surface area contributed by atoms with E-state index < -0.39 is 46.5 Å². The van der Waals surface area contributed by atoms with E-state index in [2.05, 4.69) is 10.5 Å². The van der Waals surface area contributed by atoms with Gasteiger partial charge in [0, 0.05) is 18.4 Å². The smallest absolute Gasteiger partial charge is 0.419 e. The fraction of sp³-hybridized carbons (Fsp3) is 0.438. The second-order valence-electron chi connectivity index (χ2n) is 6.18. The number of nitrogens with one attached hydrogen (secondary N) is 1. The van der Waals surface area contributed by atoms with Crippen molar-refractivity contribution >= 4 is 17.5 Å². The molecule has 1 aromatic carbocycles. The van der Waals surface area contributed by atoms with Crippen LogP contribution in [-0.4, -0.2) is 41.3 Å². The third-order valence-electron chi connectivity index (χ3n) is 4.62. The Bertz CT molecular complexity index is 785. The Labute approximate surface area is 144 Å². The fourth-order valence-electron chi connectivity index (χ4n) is 3.32. The van der Waals surface area contributed by atoms with Gasteiger partial charge >= 0.3 is 12.1 Å². The maximum Gasteiger partial charge on any atom is 0.419 e. The van der Waals surface area contributed by atoms with E-state index in [4.69, 9.17) is 4.84 Å². The lowest BCUT2D eigenvalue weighted by molar-refractivity contribution is -0.140. The first kappa shape index (κ1) is 18.3. The van der Waals surface area contributed by atoms with Crippen LogP contribution in [0.4, 0.5) is 17.6 Å². The molecule has 1 aromatic rings. The van der Waals surface area contributed by atoms with E-state index in [1.165, 1.54) is 0 Å². The standard InChI is InChI=1S/C16H14F4N2O4/c17-10-7-8(1-2-9(10)16(18,19)20)13(23)11-12(14(24)25)22-26-15(11)3-5-21-6-4-15/h1-2,7,11,21H,3-6H2,(H,24,25). The van der Waals surface area contributed by atoms with E-state index in [9.17, 15) is 32.3 Å². The summed E-state index contributed by atoms with van der Waals surface area (Å²) in [5.41, 5.74) is -3.59. The van der Waals surface area contributed by atoms with Crippen molar-refractivity contribution in [3.8, 4) is 0 Å². The first-order valence-corrected chi connectivity index (χ1v) is 7.77. The zero-order valence-corrected chi connectivity index (χ0v) is 13.3. The summed E-state index contributed by atoms with van der Waals surface area (Å²) in [4.78, 5) is 29.6. The molecule has 0 radical (unpaired) electrons. The largest absolute Gasteiger partial charge is 0.477 e. The van der Waals surface area contributed by atoms with Crippen LogP contribution < -0.4 is 5.32 Å². The van der Waals surface area contributed by atoms with Gasteiger partial charge in [0.1, 0.15) is 11.7 Å². The molecule has 0 amide bonds. The van der Waals surface area contributed by atoms with E-state index in [0.717, 1.165) is 6.07 Å². The zero-order chi connectivity index (χ0) is 19.1. The van der Waals surface area contributed by atoms with Gasteiger partial charge in [-0.1, -0.05) is 11.2 Å². The molecule has 0 bridgehead atoms. The maximum absolute atomic E-state index is 13.8. The van der Waals surface area contributed by atoms with Crippen LogP contribution in [0.25, 0.3) is 0 Å². The lowest BCUT2D eigenvalue weighted by Crippen LogP contribution is -2.51. The number of hydrogen-bond acceptors (Lipinski definition) is 5. The second kappa shape index (κ2) is 6.35. The van der Waals surface area contributed by atoms with Gasteiger partial charge in [0.2, 0.25) is 0 Å². The van der Waals surface area contributed by atoms with E-state index in [1.54, 1.807) is 0 Å². The number of oxime groups is 1. The average Bonchev–Trinajstić information content (AvgIpc) is 2.92. The Morgan fingerprint density at radius 2 is 1.92 bits per heavy atom. The van der Waals surface area contributed by atoms with Crippen molar-refractivity contribution in [2.45, 2.75) is 24.6 Å². The quantitative estimate of drug-likeness (QED) is 0.626. The summed E-state index contributed by atoms with van der Waals surface area (Å²) in [6.45, 7) is 0.904. The van der Waals surface area contributed by atoms with Crippen LogP contribution in [0.2, 0.25) is 0 Å². The first-order valence-electron chi connectivity index (χ1n) is 7.77. The molecule has 1 saturated heterocycles. The molecular weight excluding hydrogens is 360 g/mol. The van der Waals surface area contributed by atoms with Crippen molar-refractivity contribution in [3.63, 3.8) is 0 Å². The molecule has 0 aromatic heterocycles. The molecule has 2 N–H and O–H groups in total. The molecule has 2 aliphatic heterocycles. The number of carbonyl (C=O) groups is 2. The van der Waals surface area contributed by atoms with Gasteiger partial charge in [0.05, 0.1) is 5.56 Å². The van der Waals surface area contributed by atoms with Crippen LogP contribution >= 0.6 is 0 Å².